The third kappa shape index (κ3) is 4.84. The lowest BCUT2D eigenvalue weighted by atomic mass is 9.86. The summed E-state index contributed by atoms with van der Waals surface area (Å²) in [4.78, 5) is 14.7. The topological polar surface area (TPSA) is 75.7 Å². The van der Waals surface area contributed by atoms with Crippen LogP contribution in [-0.2, 0) is 27.7 Å². The van der Waals surface area contributed by atoms with Gasteiger partial charge in [-0.2, -0.15) is 0 Å². The van der Waals surface area contributed by atoms with Crippen LogP contribution in [0, 0.1) is 0 Å². The van der Waals surface area contributed by atoms with E-state index in [2.05, 4.69) is 4.72 Å². The Morgan fingerprint density at radius 1 is 1.25 bits per heavy atom. The Balaban J connectivity index is 1.81. The smallest absolute Gasteiger partial charge is 0.229 e. The molecule has 0 bridgehead atoms. The van der Waals surface area contributed by atoms with Gasteiger partial charge in [0.1, 0.15) is 5.75 Å². The van der Waals surface area contributed by atoms with E-state index >= 15 is 0 Å². The predicted octanol–water partition coefficient (Wildman–Crippen LogP) is 3.15. The number of hydrogen-bond acceptors (Lipinski definition) is 4. The summed E-state index contributed by atoms with van der Waals surface area (Å²) in [5, 5.41) is 0. The van der Waals surface area contributed by atoms with Crippen LogP contribution >= 0.6 is 0 Å². The van der Waals surface area contributed by atoms with E-state index in [1.54, 1.807) is 18.1 Å². The van der Waals surface area contributed by atoms with Crippen molar-refractivity contribution >= 4 is 21.6 Å². The molecule has 0 radical (unpaired) electrons. The number of nitrogens with one attached hydrogen (secondary N) is 1. The van der Waals surface area contributed by atoms with Gasteiger partial charge in [0.05, 0.1) is 25.8 Å². The Bertz CT molecular complexity index is 972. The van der Waals surface area contributed by atoms with E-state index in [1.165, 1.54) is 0 Å². The third-order valence-corrected chi connectivity index (χ3v) is 5.69. The number of anilines is 1. The molecule has 2 aromatic carbocycles. The van der Waals surface area contributed by atoms with E-state index in [0.717, 1.165) is 48.0 Å². The molecule has 1 unspecified atom stereocenters. The second-order valence-electron chi connectivity index (χ2n) is 7.23. The summed E-state index contributed by atoms with van der Waals surface area (Å²) in [6.07, 6.45) is 4.21. The molecule has 6 nitrogen and oxygen atoms in total. The first-order valence-corrected chi connectivity index (χ1v) is 11.1. The molecule has 28 heavy (non-hydrogen) atoms. The van der Waals surface area contributed by atoms with Crippen LogP contribution in [0.1, 0.15) is 35.6 Å². The molecule has 1 amide bonds. The number of carbonyl (C=O) groups excluding carboxylic acids is 1. The number of methoxy groups -OCH3 is 1. The fourth-order valence-electron chi connectivity index (χ4n) is 3.71. The number of likely N-dealkylation sites (N-methyl/N-ethyl adjacent to an activating group) is 1. The molecule has 7 heteroatoms. The number of amides is 1. The summed E-state index contributed by atoms with van der Waals surface area (Å²) < 4.78 is 30.9. The molecule has 1 N–H and O–H groups in total. The monoisotopic (exact) mass is 402 g/mol. The molecule has 0 saturated heterocycles. The summed E-state index contributed by atoms with van der Waals surface area (Å²) in [5.41, 5.74) is 3.61. The number of rotatable bonds is 6. The zero-order valence-corrected chi connectivity index (χ0v) is 17.3. The molecule has 1 aliphatic carbocycles. The van der Waals surface area contributed by atoms with Crippen molar-refractivity contribution in [1.29, 1.82) is 0 Å². The average Bonchev–Trinajstić information content (AvgIpc) is 2.65. The predicted molar refractivity (Wildman–Crippen MR) is 110 cm³/mol. The highest BCUT2D eigenvalue weighted by Gasteiger charge is 2.27. The Kier molecular flexibility index (Phi) is 5.93. The number of ether oxygens (including phenoxy) is 1. The van der Waals surface area contributed by atoms with Crippen LogP contribution < -0.4 is 9.46 Å². The van der Waals surface area contributed by atoms with Gasteiger partial charge in [0.2, 0.25) is 15.9 Å². The number of hydrogen-bond donors (Lipinski definition) is 1. The maximum absolute atomic E-state index is 12.9. The standard InChI is InChI=1S/C21H26N2O4S/c1-23(21(24)13-15-6-4-8-18(12-15)27-2)20-9-5-7-16-10-11-17(14-19(16)20)22-28(3,25)26/h4,6,8,10-12,14,20,22H,5,7,9,13H2,1-3H3. The number of nitrogens with zero attached hydrogens (tertiary/aromatic N) is 1. The lowest BCUT2D eigenvalue weighted by Gasteiger charge is -2.34. The van der Waals surface area contributed by atoms with Gasteiger partial charge in [0, 0.05) is 12.7 Å². The van der Waals surface area contributed by atoms with Crippen LogP contribution in [-0.4, -0.2) is 39.6 Å². The van der Waals surface area contributed by atoms with E-state index in [0.29, 0.717) is 12.1 Å². The lowest BCUT2D eigenvalue weighted by molar-refractivity contribution is -0.131. The first-order valence-electron chi connectivity index (χ1n) is 9.26. The highest BCUT2D eigenvalue weighted by molar-refractivity contribution is 7.92. The zero-order valence-electron chi connectivity index (χ0n) is 16.4. The number of benzene rings is 2. The van der Waals surface area contributed by atoms with Crippen LogP contribution in [0.5, 0.6) is 5.75 Å². The second kappa shape index (κ2) is 8.22. The van der Waals surface area contributed by atoms with Crippen molar-refractivity contribution in [3.63, 3.8) is 0 Å². The van der Waals surface area contributed by atoms with Crippen LogP contribution in [0.25, 0.3) is 0 Å². The number of aryl methyl sites for hydroxylation is 1. The molecule has 2 aromatic rings. The van der Waals surface area contributed by atoms with E-state index in [-0.39, 0.29) is 11.9 Å². The van der Waals surface area contributed by atoms with Gasteiger partial charge < -0.3 is 9.64 Å². The molecular formula is C21H26N2O4S. The first kappa shape index (κ1) is 20.2. The normalized spacial score (nSPS) is 16.2. The lowest BCUT2D eigenvalue weighted by Crippen LogP contribution is -2.34. The van der Waals surface area contributed by atoms with Gasteiger partial charge in [-0.25, -0.2) is 8.42 Å². The van der Waals surface area contributed by atoms with Crippen molar-refractivity contribution < 1.29 is 17.9 Å². The van der Waals surface area contributed by atoms with E-state index in [4.69, 9.17) is 4.74 Å². The van der Waals surface area contributed by atoms with Gasteiger partial charge in [0.15, 0.2) is 0 Å². The van der Waals surface area contributed by atoms with Crippen LogP contribution in [0.4, 0.5) is 5.69 Å². The average molecular weight is 403 g/mol. The maximum Gasteiger partial charge on any atom is 0.229 e. The molecule has 1 aliphatic rings. The van der Waals surface area contributed by atoms with Crippen molar-refractivity contribution in [1.82, 2.24) is 4.90 Å². The highest BCUT2D eigenvalue weighted by atomic mass is 32.2. The Hall–Kier alpha value is -2.54. The molecular weight excluding hydrogens is 376 g/mol. The quantitative estimate of drug-likeness (QED) is 0.805. The number of carbonyl (C=O) groups is 1. The molecule has 3 rings (SSSR count). The summed E-state index contributed by atoms with van der Waals surface area (Å²) in [5.74, 6) is 0.750. The molecule has 0 spiro atoms. The van der Waals surface area contributed by atoms with Crippen LogP contribution in [0.3, 0.4) is 0 Å². The Morgan fingerprint density at radius 2 is 2.04 bits per heavy atom. The van der Waals surface area contributed by atoms with Crippen molar-refractivity contribution in [3.8, 4) is 5.75 Å². The molecule has 0 aliphatic heterocycles. The highest BCUT2D eigenvalue weighted by Crippen LogP contribution is 2.35. The SMILES string of the molecule is COc1cccc(CC(=O)N(C)C2CCCc3ccc(NS(C)(=O)=O)cc32)c1. The van der Waals surface area contributed by atoms with Gasteiger partial charge in [-0.05, 0) is 60.2 Å². The maximum atomic E-state index is 12.9. The number of sulfonamides is 1. The molecule has 0 saturated carbocycles. The van der Waals surface area contributed by atoms with E-state index < -0.39 is 10.0 Å². The zero-order chi connectivity index (χ0) is 20.3. The van der Waals surface area contributed by atoms with Crippen molar-refractivity contribution in [2.75, 3.05) is 25.1 Å². The van der Waals surface area contributed by atoms with E-state index in [1.807, 2.05) is 43.4 Å². The molecule has 150 valence electrons. The molecule has 0 fully saturated rings. The fourth-order valence-corrected chi connectivity index (χ4v) is 4.26. The summed E-state index contributed by atoms with van der Waals surface area (Å²) in [6, 6.07) is 13.0. The minimum absolute atomic E-state index is 0.0209. The molecule has 0 aromatic heterocycles. The van der Waals surface area contributed by atoms with Gasteiger partial charge in [-0.1, -0.05) is 18.2 Å². The van der Waals surface area contributed by atoms with Gasteiger partial charge in [-0.15, -0.1) is 0 Å². The number of fused-ring (bicyclic) bond motifs is 1. The Morgan fingerprint density at radius 3 is 2.75 bits per heavy atom. The second-order valence-corrected chi connectivity index (χ2v) is 8.98. The van der Waals surface area contributed by atoms with E-state index in [9.17, 15) is 13.2 Å². The minimum atomic E-state index is -3.35. The summed E-state index contributed by atoms with van der Waals surface area (Å²) in [6.45, 7) is 0. The molecule has 0 heterocycles. The fraction of sp³-hybridized carbons (Fsp3) is 0.381. The third-order valence-electron chi connectivity index (χ3n) is 5.08. The largest absolute Gasteiger partial charge is 0.497 e. The molecule has 1 atom stereocenters. The van der Waals surface area contributed by atoms with Crippen LogP contribution in [0.2, 0.25) is 0 Å². The van der Waals surface area contributed by atoms with Crippen molar-refractivity contribution in [2.45, 2.75) is 31.7 Å². The first-order chi connectivity index (χ1) is 13.3. The van der Waals surface area contributed by atoms with Crippen molar-refractivity contribution in [2.24, 2.45) is 0 Å². The van der Waals surface area contributed by atoms with Gasteiger partial charge in [0.25, 0.3) is 0 Å². The minimum Gasteiger partial charge on any atom is -0.497 e. The Labute approximate surface area is 166 Å². The summed E-state index contributed by atoms with van der Waals surface area (Å²) in [7, 11) is 0.0762. The van der Waals surface area contributed by atoms with Crippen molar-refractivity contribution in [3.05, 3.63) is 59.2 Å². The summed E-state index contributed by atoms with van der Waals surface area (Å²) >= 11 is 0. The van der Waals surface area contributed by atoms with Crippen LogP contribution in [0.15, 0.2) is 42.5 Å². The van der Waals surface area contributed by atoms with Gasteiger partial charge in [-0.3, -0.25) is 9.52 Å². The van der Waals surface area contributed by atoms with Gasteiger partial charge >= 0.3 is 0 Å².